The van der Waals surface area contributed by atoms with Crippen molar-refractivity contribution in [2.75, 3.05) is 31.6 Å². The third-order valence-electron chi connectivity index (χ3n) is 6.28. The fourth-order valence-corrected chi connectivity index (χ4v) is 5.65. The first-order chi connectivity index (χ1) is 19.1. The highest BCUT2D eigenvalue weighted by molar-refractivity contribution is 7.92. The predicted molar refractivity (Wildman–Crippen MR) is 155 cm³/mol. The number of anilines is 1. The quantitative estimate of drug-likeness (QED) is 0.316. The summed E-state index contributed by atoms with van der Waals surface area (Å²) in [6, 6.07) is 18.5. The van der Waals surface area contributed by atoms with Gasteiger partial charge in [0.15, 0.2) is 0 Å². The van der Waals surface area contributed by atoms with E-state index >= 15 is 0 Å². The molecular formula is C29H34ClN3O6S. The minimum atomic E-state index is -4.26. The van der Waals surface area contributed by atoms with Crippen LogP contribution in [0.1, 0.15) is 25.8 Å². The number of nitrogens with zero attached hydrogens (tertiary/aromatic N) is 2. The molecular weight excluding hydrogens is 554 g/mol. The number of sulfonamides is 1. The number of halogens is 1. The highest BCUT2D eigenvalue weighted by Crippen LogP contribution is 2.36. The minimum Gasteiger partial charge on any atom is -0.497 e. The number of methoxy groups -OCH3 is 2. The third-order valence-corrected chi connectivity index (χ3v) is 8.42. The van der Waals surface area contributed by atoms with Gasteiger partial charge in [-0.3, -0.25) is 13.9 Å². The highest BCUT2D eigenvalue weighted by Gasteiger charge is 2.34. The second kappa shape index (κ2) is 14.0. The Morgan fingerprint density at radius 1 is 0.975 bits per heavy atom. The lowest BCUT2D eigenvalue weighted by Crippen LogP contribution is -2.51. The molecule has 9 nitrogen and oxygen atoms in total. The lowest BCUT2D eigenvalue weighted by molar-refractivity contribution is -0.139. The Hall–Kier alpha value is -3.76. The molecule has 3 aromatic carbocycles. The van der Waals surface area contributed by atoms with E-state index in [4.69, 9.17) is 21.1 Å². The molecule has 40 heavy (non-hydrogen) atoms. The molecule has 214 valence electrons. The standard InChI is InChI=1S/C29H34ClN3O6S/c1-5-17-31-29(35)21(2)32(19-22-11-9-10-14-25(22)30)28(34)20-33(40(36,37)24-12-7-6-8-13-24)26-18-23(38-3)15-16-27(26)39-4/h6-16,18,21H,5,17,19-20H2,1-4H3,(H,31,35)/t21-/m0/s1. The Kier molecular flexibility index (Phi) is 10.8. The first kappa shape index (κ1) is 30.8. The number of hydrogen-bond donors (Lipinski definition) is 1. The van der Waals surface area contributed by atoms with Crippen LogP contribution < -0.4 is 19.1 Å². The molecule has 0 aliphatic rings. The number of nitrogens with one attached hydrogen (secondary N) is 1. The SMILES string of the molecule is CCCNC(=O)[C@H](C)N(Cc1ccccc1Cl)C(=O)CN(c1cc(OC)ccc1OC)S(=O)(=O)c1ccccc1. The van der Waals surface area contributed by atoms with Crippen LogP contribution in [0.2, 0.25) is 5.02 Å². The summed E-state index contributed by atoms with van der Waals surface area (Å²) in [6.45, 7) is 3.34. The molecule has 0 heterocycles. The highest BCUT2D eigenvalue weighted by atomic mass is 35.5. The zero-order valence-electron chi connectivity index (χ0n) is 23.0. The monoisotopic (exact) mass is 587 g/mol. The van der Waals surface area contributed by atoms with Crippen LogP contribution in [-0.4, -0.2) is 58.5 Å². The molecule has 0 saturated heterocycles. The van der Waals surface area contributed by atoms with E-state index in [1.165, 1.54) is 37.3 Å². The Morgan fingerprint density at radius 2 is 1.65 bits per heavy atom. The van der Waals surface area contributed by atoms with E-state index in [9.17, 15) is 18.0 Å². The van der Waals surface area contributed by atoms with Gasteiger partial charge in [-0.25, -0.2) is 8.42 Å². The first-order valence-corrected chi connectivity index (χ1v) is 14.6. The molecule has 0 radical (unpaired) electrons. The molecule has 0 aromatic heterocycles. The van der Waals surface area contributed by atoms with Crippen LogP contribution >= 0.6 is 11.6 Å². The van der Waals surface area contributed by atoms with E-state index in [2.05, 4.69) is 5.32 Å². The topological polar surface area (TPSA) is 105 Å². The van der Waals surface area contributed by atoms with Crippen molar-refractivity contribution in [3.63, 3.8) is 0 Å². The third kappa shape index (κ3) is 7.25. The average Bonchev–Trinajstić information content (AvgIpc) is 2.97. The summed E-state index contributed by atoms with van der Waals surface area (Å²) in [7, 11) is -1.40. The molecule has 0 saturated carbocycles. The molecule has 0 bridgehead atoms. The van der Waals surface area contributed by atoms with Gasteiger partial charge in [-0.05, 0) is 49.2 Å². The van der Waals surface area contributed by atoms with E-state index in [-0.39, 0.29) is 28.8 Å². The van der Waals surface area contributed by atoms with Crippen LogP contribution in [0, 0.1) is 0 Å². The molecule has 0 unspecified atom stereocenters. The molecule has 0 aliphatic heterocycles. The van der Waals surface area contributed by atoms with Gasteiger partial charge in [0.2, 0.25) is 11.8 Å². The van der Waals surface area contributed by atoms with E-state index in [1.54, 1.807) is 61.5 Å². The lowest BCUT2D eigenvalue weighted by Gasteiger charge is -2.32. The first-order valence-electron chi connectivity index (χ1n) is 12.7. The number of benzene rings is 3. The maximum Gasteiger partial charge on any atom is 0.264 e. The van der Waals surface area contributed by atoms with E-state index in [0.717, 1.165) is 10.7 Å². The van der Waals surface area contributed by atoms with Crippen molar-refractivity contribution in [2.45, 2.75) is 37.8 Å². The Labute approximate surface area is 240 Å². The van der Waals surface area contributed by atoms with Crippen LogP contribution in [0.5, 0.6) is 11.5 Å². The zero-order chi connectivity index (χ0) is 29.3. The minimum absolute atomic E-state index is 0.00626. The Morgan fingerprint density at radius 3 is 2.27 bits per heavy atom. The maximum absolute atomic E-state index is 14.0. The second-order valence-electron chi connectivity index (χ2n) is 8.94. The largest absolute Gasteiger partial charge is 0.497 e. The van der Waals surface area contributed by atoms with Gasteiger partial charge >= 0.3 is 0 Å². The molecule has 2 amide bonds. The molecule has 11 heteroatoms. The summed E-state index contributed by atoms with van der Waals surface area (Å²) in [4.78, 5) is 28.3. The van der Waals surface area contributed by atoms with E-state index in [1.807, 2.05) is 6.92 Å². The summed E-state index contributed by atoms with van der Waals surface area (Å²) in [5.41, 5.74) is 0.726. The van der Waals surface area contributed by atoms with Gasteiger partial charge in [0, 0.05) is 24.2 Å². The average molecular weight is 588 g/mol. The summed E-state index contributed by atoms with van der Waals surface area (Å²) in [5, 5.41) is 3.23. The fraction of sp³-hybridized carbons (Fsp3) is 0.310. The van der Waals surface area contributed by atoms with Crippen LogP contribution in [0.3, 0.4) is 0 Å². The van der Waals surface area contributed by atoms with Crippen molar-refractivity contribution in [3.8, 4) is 11.5 Å². The van der Waals surface area contributed by atoms with Crippen molar-refractivity contribution < 1.29 is 27.5 Å². The van der Waals surface area contributed by atoms with E-state index < -0.39 is 28.5 Å². The lowest BCUT2D eigenvalue weighted by atomic mass is 10.1. The molecule has 1 atom stereocenters. The number of rotatable bonds is 13. The van der Waals surface area contributed by atoms with Gasteiger partial charge in [-0.2, -0.15) is 0 Å². The van der Waals surface area contributed by atoms with E-state index in [0.29, 0.717) is 22.9 Å². The predicted octanol–water partition coefficient (Wildman–Crippen LogP) is 4.50. The van der Waals surface area contributed by atoms with Gasteiger partial charge in [0.05, 0.1) is 24.8 Å². The van der Waals surface area contributed by atoms with Gasteiger partial charge in [0.1, 0.15) is 24.1 Å². The fourth-order valence-electron chi connectivity index (χ4n) is 4.01. The molecule has 0 fully saturated rings. The van der Waals surface area contributed by atoms with Gasteiger partial charge in [-0.1, -0.05) is 54.9 Å². The summed E-state index contributed by atoms with van der Waals surface area (Å²) in [6.07, 6.45) is 0.718. The summed E-state index contributed by atoms with van der Waals surface area (Å²) < 4.78 is 39.7. The van der Waals surface area contributed by atoms with Crippen molar-refractivity contribution >= 4 is 39.1 Å². The van der Waals surface area contributed by atoms with Crippen molar-refractivity contribution in [1.29, 1.82) is 0 Å². The summed E-state index contributed by atoms with van der Waals surface area (Å²) >= 11 is 6.39. The van der Waals surface area contributed by atoms with Gasteiger partial charge < -0.3 is 19.7 Å². The number of ether oxygens (including phenoxy) is 2. The molecule has 1 N–H and O–H groups in total. The number of amides is 2. The Bertz CT molecular complexity index is 1420. The van der Waals surface area contributed by atoms with Crippen molar-refractivity contribution in [3.05, 3.63) is 83.4 Å². The molecule has 0 aliphatic carbocycles. The second-order valence-corrected chi connectivity index (χ2v) is 11.2. The van der Waals surface area contributed by atoms with Gasteiger partial charge in [0.25, 0.3) is 10.0 Å². The van der Waals surface area contributed by atoms with Crippen LogP contribution in [-0.2, 0) is 26.2 Å². The van der Waals surface area contributed by atoms with Crippen molar-refractivity contribution in [1.82, 2.24) is 10.2 Å². The number of carbonyl (C=O) groups is 2. The number of hydrogen-bond acceptors (Lipinski definition) is 6. The smallest absolute Gasteiger partial charge is 0.264 e. The summed E-state index contributed by atoms with van der Waals surface area (Å²) in [5.74, 6) is -0.377. The van der Waals surface area contributed by atoms with Crippen molar-refractivity contribution in [2.24, 2.45) is 0 Å². The van der Waals surface area contributed by atoms with Crippen LogP contribution in [0.15, 0.2) is 77.7 Å². The molecule has 3 aromatic rings. The molecule has 0 spiro atoms. The van der Waals surface area contributed by atoms with Crippen LogP contribution in [0.4, 0.5) is 5.69 Å². The maximum atomic E-state index is 14.0. The normalized spacial score (nSPS) is 11.8. The number of carbonyl (C=O) groups excluding carboxylic acids is 2. The Balaban J connectivity index is 2.11. The van der Waals surface area contributed by atoms with Crippen LogP contribution in [0.25, 0.3) is 0 Å². The van der Waals surface area contributed by atoms with Gasteiger partial charge in [-0.15, -0.1) is 0 Å². The zero-order valence-corrected chi connectivity index (χ0v) is 24.5. The molecule has 3 rings (SSSR count).